The monoisotopic (exact) mass is 364 g/mol. The molecule has 0 spiro atoms. The van der Waals surface area contributed by atoms with Crippen LogP contribution in [0.5, 0.6) is 0 Å². The lowest BCUT2D eigenvalue weighted by molar-refractivity contribution is 0.521. The average molecular weight is 365 g/mol. The molecule has 2 aromatic heterocycles. The standard InChI is InChI=1S/C14H17BrN6O/c1-20-6-4-16-12(13(20)22)21-5-2-3-11(9-21)19-14-17-7-10(15)8-18-14/h4,6-8,11H,2-3,5,9H2,1H3,(H,17,18,19). The second-order valence-corrected chi connectivity index (χ2v) is 6.24. The molecule has 3 rings (SSSR count). The fraction of sp³-hybridized carbons (Fsp3) is 0.429. The molecule has 116 valence electrons. The normalized spacial score (nSPS) is 18.3. The third-order valence-electron chi connectivity index (χ3n) is 3.67. The van der Waals surface area contributed by atoms with Crippen LogP contribution >= 0.6 is 15.9 Å². The minimum Gasteiger partial charge on any atom is -0.350 e. The number of rotatable bonds is 3. The van der Waals surface area contributed by atoms with Gasteiger partial charge in [0.2, 0.25) is 5.95 Å². The first-order chi connectivity index (χ1) is 10.6. The van der Waals surface area contributed by atoms with Gasteiger partial charge in [0.1, 0.15) is 0 Å². The minimum atomic E-state index is -0.0666. The van der Waals surface area contributed by atoms with Crippen LogP contribution in [0.2, 0.25) is 0 Å². The van der Waals surface area contributed by atoms with Gasteiger partial charge in [-0.3, -0.25) is 4.79 Å². The van der Waals surface area contributed by atoms with Crippen molar-refractivity contribution in [2.45, 2.75) is 18.9 Å². The predicted molar refractivity (Wildman–Crippen MR) is 88.1 cm³/mol. The molecule has 0 aromatic carbocycles. The van der Waals surface area contributed by atoms with Gasteiger partial charge >= 0.3 is 0 Å². The zero-order valence-corrected chi connectivity index (χ0v) is 13.8. The Labute approximate surface area is 136 Å². The van der Waals surface area contributed by atoms with E-state index in [1.807, 2.05) is 4.90 Å². The Morgan fingerprint density at radius 3 is 2.86 bits per heavy atom. The van der Waals surface area contributed by atoms with Crippen LogP contribution in [0.4, 0.5) is 11.8 Å². The number of hydrogen-bond donors (Lipinski definition) is 1. The SMILES string of the molecule is Cn1ccnc(N2CCCC(Nc3ncc(Br)cn3)C2)c1=O. The number of halogens is 1. The van der Waals surface area contributed by atoms with Gasteiger partial charge in [0.05, 0.1) is 4.47 Å². The first kappa shape index (κ1) is 15.0. The maximum Gasteiger partial charge on any atom is 0.293 e. The van der Waals surface area contributed by atoms with Crippen LogP contribution in [0.25, 0.3) is 0 Å². The summed E-state index contributed by atoms with van der Waals surface area (Å²) in [6.07, 6.45) is 8.76. The second-order valence-electron chi connectivity index (χ2n) is 5.32. The molecule has 22 heavy (non-hydrogen) atoms. The Morgan fingerprint density at radius 2 is 2.09 bits per heavy atom. The van der Waals surface area contributed by atoms with Crippen LogP contribution in [-0.4, -0.2) is 38.7 Å². The fourth-order valence-corrected chi connectivity index (χ4v) is 2.76. The van der Waals surface area contributed by atoms with Crippen molar-refractivity contribution in [3.63, 3.8) is 0 Å². The Bertz CT molecular complexity index is 701. The van der Waals surface area contributed by atoms with Crippen molar-refractivity contribution in [3.8, 4) is 0 Å². The first-order valence-electron chi connectivity index (χ1n) is 7.14. The summed E-state index contributed by atoms with van der Waals surface area (Å²) in [7, 11) is 1.74. The van der Waals surface area contributed by atoms with Crippen LogP contribution in [-0.2, 0) is 7.05 Å². The molecule has 1 unspecified atom stereocenters. The highest BCUT2D eigenvalue weighted by Crippen LogP contribution is 2.17. The lowest BCUT2D eigenvalue weighted by Gasteiger charge is -2.33. The summed E-state index contributed by atoms with van der Waals surface area (Å²) in [6, 6.07) is 0.196. The van der Waals surface area contributed by atoms with E-state index in [2.05, 4.69) is 36.2 Å². The molecule has 1 N–H and O–H groups in total. The molecule has 0 amide bonds. The number of piperidine rings is 1. The molecule has 0 aliphatic carbocycles. The number of nitrogens with zero attached hydrogens (tertiary/aromatic N) is 5. The zero-order valence-electron chi connectivity index (χ0n) is 12.2. The lowest BCUT2D eigenvalue weighted by atomic mass is 10.1. The molecule has 0 saturated carbocycles. The Kier molecular flexibility index (Phi) is 4.37. The maximum atomic E-state index is 12.2. The van der Waals surface area contributed by atoms with Crippen molar-refractivity contribution in [1.29, 1.82) is 0 Å². The van der Waals surface area contributed by atoms with E-state index in [9.17, 15) is 4.79 Å². The van der Waals surface area contributed by atoms with E-state index in [1.165, 1.54) is 0 Å². The van der Waals surface area contributed by atoms with Gasteiger partial charge in [0.25, 0.3) is 5.56 Å². The Balaban J connectivity index is 1.72. The van der Waals surface area contributed by atoms with Gasteiger partial charge < -0.3 is 14.8 Å². The summed E-state index contributed by atoms with van der Waals surface area (Å²) in [4.78, 5) is 26.9. The summed E-state index contributed by atoms with van der Waals surface area (Å²) in [6.45, 7) is 1.55. The van der Waals surface area contributed by atoms with Gasteiger partial charge in [-0.2, -0.15) is 0 Å². The third-order valence-corrected chi connectivity index (χ3v) is 4.08. The van der Waals surface area contributed by atoms with E-state index >= 15 is 0 Å². The van der Waals surface area contributed by atoms with Crippen molar-refractivity contribution >= 4 is 27.7 Å². The molecule has 2 aromatic rings. The molecule has 8 heteroatoms. The van der Waals surface area contributed by atoms with Gasteiger partial charge in [-0.15, -0.1) is 0 Å². The van der Waals surface area contributed by atoms with Crippen LogP contribution in [0.3, 0.4) is 0 Å². The highest BCUT2D eigenvalue weighted by Gasteiger charge is 2.23. The molecule has 1 aliphatic heterocycles. The molecular weight excluding hydrogens is 348 g/mol. The van der Waals surface area contributed by atoms with Crippen molar-refractivity contribution < 1.29 is 0 Å². The van der Waals surface area contributed by atoms with E-state index in [0.29, 0.717) is 18.3 Å². The topological polar surface area (TPSA) is 75.9 Å². The molecular formula is C14H17BrN6O. The summed E-state index contributed by atoms with van der Waals surface area (Å²) in [5.41, 5.74) is -0.0666. The van der Waals surface area contributed by atoms with E-state index in [4.69, 9.17) is 0 Å². The van der Waals surface area contributed by atoms with Crippen molar-refractivity contribution in [1.82, 2.24) is 19.5 Å². The highest BCUT2D eigenvalue weighted by molar-refractivity contribution is 9.10. The van der Waals surface area contributed by atoms with Gasteiger partial charge in [0.15, 0.2) is 5.82 Å². The van der Waals surface area contributed by atoms with Crippen molar-refractivity contribution in [2.75, 3.05) is 23.3 Å². The van der Waals surface area contributed by atoms with Gasteiger partial charge in [0, 0.05) is 51.0 Å². The van der Waals surface area contributed by atoms with Gasteiger partial charge in [-0.1, -0.05) is 0 Å². The fourth-order valence-electron chi connectivity index (χ4n) is 2.56. The van der Waals surface area contributed by atoms with Gasteiger partial charge in [-0.25, -0.2) is 15.0 Å². The van der Waals surface area contributed by atoms with Crippen LogP contribution in [0.1, 0.15) is 12.8 Å². The summed E-state index contributed by atoms with van der Waals surface area (Å²) >= 11 is 3.32. The largest absolute Gasteiger partial charge is 0.350 e. The predicted octanol–water partition coefficient (Wildman–Crippen LogP) is 1.41. The molecule has 1 fully saturated rings. The summed E-state index contributed by atoms with van der Waals surface area (Å²) in [5, 5.41) is 3.32. The zero-order chi connectivity index (χ0) is 15.5. The van der Waals surface area contributed by atoms with Crippen molar-refractivity contribution in [2.24, 2.45) is 7.05 Å². The number of anilines is 2. The molecule has 0 bridgehead atoms. The van der Waals surface area contributed by atoms with Crippen LogP contribution in [0.15, 0.2) is 34.1 Å². The molecule has 1 aliphatic rings. The highest BCUT2D eigenvalue weighted by atomic mass is 79.9. The number of hydrogen-bond acceptors (Lipinski definition) is 6. The maximum absolute atomic E-state index is 12.2. The quantitative estimate of drug-likeness (QED) is 0.887. The lowest BCUT2D eigenvalue weighted by Crippen LogP contribution is -2.45. The molecule has 0 radical (unpaired) electrons. The number of aryl methyl sites for hydroxylation is 1. The first-order valence-corrected chi connectivity index (χ1v) is 7.93. The van der Waals surface area contributed by atoms with E-state index < -0.39 is 0 Å². The second kappa shape index (κ2) is 6.43. The summed E-state index contributed by atoms with van der Waals surface area (Å²) < 4.78 is 2.40. The van der Waals surface area contributed by atoms with Crippen LogP contribution in [0, 0.1) is 0 Å². The number of aromatic nitrogens is 4. The molecule has 1 atom stereocenters. The van der Waals surface area contributed by atoms with Crippen molar-refractivity contribution in [3.05, 3.63) is 39.6 Å². The van der Waals surface area contributed by atoms with E-state index in [-0.39, 0.29) is 11.6 Å². The molecule has 1 saturated heterocycles. The smallest absolute Gasteiger partial charge is 0.293 e. The molecule has 7 nitrogen and oxygen atoms in total. The van der Waals surface area contributed by atoms with E-state index in [1.54, 1.807) is 36.4 Å². The molecule has 3 heterocycles. The summed E-state index contributed by atoms with van der Waals surface area (Å²) in [5.74, 6) is 1.11. The van der Waals surface area contributed by atoms with Crippen LogP contribution < -0.4 is 15.8 Å². The average Bonchev–Trinajstić information content (AvgIpc) is 2.53. The Hall–Kier alpha value is -1.96. The Morgan fingerprint density at radius 1 is 1.32 bits per heavy atom. The third kappa shape index (κ3) is 3.27. The number of nitrogens with one attached hydrogen (secondary N) is 1. The minimum absolute atomic E-state index is 0.0666. The van der Waals surface area contributed by atoms with Gasteiger partial charge in [-0.05, 0) is 28.8 Å². The van der Waals surface area contributed by atoms with E-state index in [0.717, 1.165) is 23.9 Å².